The molecule has 18 heavy (non-hydrogen) atoms. The van der Waals surface area contributed by atoms with Crippen molar-refractivity contribution in [2.45, 2.75) is 19.4 Å². The Morgan fingerprint density at radius 2 is 2.00 bits per heavy atom. The highest BCUT2D eigenvalue weighted by molar-refractivity contribution is 5.40. The van der Waals surface area contributed by atoms with Gasteiger partial charge in [-0.25, -0.2) is 10.8 Å². The Kier molecular flexibility index (Phi) is 4.09. The van der Waals surface area contributed by atoms with Gasteiger partial charge in [-0.05, 0) is 25.0 Å². The van der Waals surface area contributed by atoms with Crippen molar-refractivity contribution in [3.8, 4) is 0 Å². The summed E-state index contributed by atoms with van der Waals surface area (Å²) in [5, 5.41) is 3.32. The van der Waals surface area contributed by atoms with Crippen molar-refractivity contribution < 1.29 is 0 Å². The summed E-state index contributed by atoms with van der Waals surface area (Å²) in [6, 6.07) is 12.4. The van der Waals surface area contributed by atoms with Crippen LogP contribution < -0.4 is 16.6 Å². The summed E-state index contributed by atoms with van der Waals surface area (Å²) in [7, 11) is 0. The van der Waals surface area contributed by atoms with Crippen LogP contribution in [-0.2, 0) is 6.42 Å². The van der Waals surface area contributed by atoms with Crippen LogP contribution in [0.5, 0.6) is 0 Å². The third-order valence-electron chi connectivity index (χ3n) is 2.56. The van der Waals surface area contributed by atoms with E-state index in [-0.39, 0.29) is 6.04 Å². The monoisotopic (exact) mass is 243 g/mol. The number of aromatic nitrogens is 2. The maximum Gasteiger partial charge on any atom is 0.239 e. The van der Waals surface area contributed by atoms with Gasteiger partial charge in [0.2, 0.25) is 5.95 Å². The van der Waals surface area contributed by atoms with Crippen LogP contribution in [0.3, 0.4) is 0 Å². The Labute approximate surface area is 106 Å². The van der Waals surface area contributed by atoms with Crippen molar-refractivity contribution in [1.82, 2.24) is 9.97 Å². The molecule has 1 atom stereocenters. The lowest BCUT2D eigenvalue weighted by Crippen LogP contribution is -2.19. The molecule has 0 amide bonds. The average molecular weight is 243 g/mol. The highest BCUT2D eigenvalue weighted by Crippen LogP contribution is 2.09. The Morgan fingerprint density at radius 1 is 1.22 bits per heavy atom. The minimum atomic E-state index is 0.285. The van der Waals surface area contributed by atoms with Crippen LogP contribution in [0.2, 0.25) is 0 Å². The summed E-state index contributed by atoms with van der Waals surface area (Å²) in [5.74, 6) is 6.44. The maximum absolute atomic E-state index is 5.27. The van der Waals surface area contributed by atoms with Crippen molar-refractivity contribution in [1.29, 1.82) is 0 Å². The Hall–Kier alpha value is -2.14. The van der Waals surface area contributed by atoms with Crippen LogP contribution in [0.4, 0.5) is 11.8 Å². The van der Waals surface area contributed by atoms with E-state index in [0.29, 0.717) is 5.95 Å². The Morgan fingerprint density at radius 3 is 2.72 bits per heavy atom. The summed E-state index contributed by atoms with van der Waals surface area (Å²) in [4.78, 5) is 8.18. The zero-order valence-electron chi connectivity index (χ0n) is 10.3. The summed E-state index contributed by atoms with van der Waals surface area (Å²) >= 11 is 0. The van der Waals surface area contributed by atoms with Crippen LogP contribution in [-0.4, -0.2) is 16.0 Å². The van der Waals surface area contributed by atoms with E-state index in [1.165, 1.54) is 5.56 Å². The van der Waals surface area contributed by atoms with Gasteiger partial charge in [0.25, 0.3) is 0 Å². The molecule has 0 saturated carbocycles. The molecule has 1 aromatic heterocycles. The van der Waals surface area contributed by atoms with E-state index >= 15 is 0 Å². The van der Waals surface area contributed by atoms with Crippen molar-refractivity contribution in [3.05, 3.63) is 48.2 Å². The third-order valence-corrected chi connectivity index (χ3v) is 2.56. The van der Waals surface area contributed by atoms with Gasteiger partial charge in [0.15, 0.2) is 0 Å². The van der Waals surface area contributed by atoms with Gasteiger partial charge in [-0.15, -0.1) is 0 Å². The van der Waals surface area contributed by atoms with Gasteiger partial charge in [0, 0.05) is 12.2 Å². The molecule has 94 valence electrons. The molecular weight excluding hydrogens is 226 g/mol. The number of nitrogen functional groups attached to an aromatic ring is 1. The maximum atomic E-state index is 5.27. The van der Waals surface area contributed by atoms with E-state index in [4.69, 9.17) is 5.84 Å². The molecule has 2 aromatic rings. The fourth-order valence-electron chi connectivity index (χ4n) is 1.78. The molecule has 5 heteroatoms. The zero-order valence-corrected chi connectivity index (χ0v) is 10.3. The first kappa shape index (κ1) is 12.3. The highest BCUT2D eigenvalue weighted by atomic mass is 15.3. The minimum Gasteiger partial charge on any atom is -0.367 e. The molecule has 0 saturated heterocycles. The van der Waals surface area contributed by atoms with Crippen molar-refractivity contribution >= 4 is 11.8 Å². The fraction of sp³-hybridized carbons (Fsp3) is 0.231. The molecular formula is C13H17N5. The second kappa shape index (κ2) is 5.97. The van der Waals surface area contributed by atoms with Gasteiger partial charge >= 0.3 is 0 Å². The first-order chi connectivity index (χ1) is 8.78. The zero-order chi connectivity index (χ0) is 12.8. The molecule has 0 fully saturated rings. The van der Waals surface area contributed by atoms with Gasteiger partial charge in [0.1, 0.15) is 5.82 Å². The van der Waals surface area contributed by atoms with Crippen LogP contribution in [0.25, 0.3) is 0 Å². The van der Waals surface area contributed by atoms with Crippen molar-refractivity contribution in [2.24, 2.45) is 5.84 Å². The van der Waals surface area contributed by atoms with Gasteiger partial charge in [-0.3, -0.25) is 5.43 Å². The number of hydrogen-bond donors (Lipinski definition) is 3. The first-order valence-electron chi connectivity index (χ1n) is 5.88. The smallest absolute Gasteiger partial charge is 0.239 e. The third kappa shape index (κ3) is 3.43. The van der Waals surface area contributed by atoms with Crippen molar-refractivity contribution in [2.75, 3.05) is 10.7 Å². The van der Waals surface area contributed by atoms with Crippen LogP contribution in [0, 0.1) is 0 Å². The van der Waals surface area contributed by atoms with Crippen LogP contribution in [0.15, 0.2) is 42.6 Å². The number of nitrogens with zero attached hydrogens (tertiary/aromatic N) is 2. The predicted molar refractivity (Wildman–Crippen MR) is 73.1 cm³/mol. The topological polar surface area (TPSA) is 75.9 Å². The van der Waals surface area contributed by atoms with Gasteiger partial charge in [0.05, 0.1) is 0 Å². The average Bonchev–Trinajstić information content (AvgIpc) is 2.40. The lowest BCUT2D eigenvalue weighted by atomic mass is 10.1. The van der Waals surface area contributed by atoms with E-state index in [1.54, 1.807) is 6.20 Å². The van der Waals surface area contributed by atoms with E-state index in [1.807, 2.05) is 24.3 Å². The predicted octanol–water partition coefficient (Wildman–Crippen LogP) is 1.81. The second-order valence-electron chi connectivity index (χ2n) is 4.14. The summed E-state index contributed by atoms with van der Waals surface area (Å²) in [6.07, 6.45) is 2.61. The molecule has 1 aromatic carbocycles. The first-order valence-corrected chi connectivity index (χ1v) is 5.88. The molecule has 2 rings (SSSR count). The minimum absolute atomic E-state index is 0.285. The summed E-state index contributed by atoms with van der Waals surface area (Å²) < 4.78 is 0. The Bertz CT molecular complexity index is 486. The standard InChI is InChI=1S/C13H17N5/c1-10(9-11-5-3-2-4-6-11)16-12-7-8-15-13(17-12)18-14/h2-8,10H,9,14H2,1H3,(H2,15,16,17,18). The van der Waals surface area contributed by atoms with Gasteiger partial charge in [-0.2, -0.15) is 4.98 Å². The molecule has 0 aliphatic carbocycles. The molecule has 1 unspecified atom stereocenters. The van der Waals surface area contributed by atoms with E-state index in [0.717, 1.165) is 12.2 Å². The highest BCUT2D eigenvalue weighted by Gasteiger charge is 2.04. The number of hydrogen-bond acceptors (Lipinski definition) is 5. The quantitative estimate of drug-likeness (QED) is 0.551. The molecule has 0 spiro atoms. The lowest BCUT2D eigenvalue weighted by Gasteiger charge is -2.14. The second-order valence-corrected chi connectivity index (χ2v) is 4.14. The molecule has 4 N–H and O–H groups in total. The largest absolute Gasteiger partial charge is 0.367 e. The number of anilines is 2. The van der Waals surface area contributed by atoms with Crippen molar-refractivity contribution in [3.63, 3.8) is 0 Å². The van der Waals surface area contributed by atoms with Gasteiger partial charge in [-0.1, -0.05) is 30.3 Å². The fourth-order valence-corrected chi connectivity index (χ4v) is 1.78. The number of nitrogens with two attached hydrogens (primary N) is 1. The van der Waals surface area contributed by atoms with Crippen LogP contribution in [0.1, 0.15) is 12.5 Å². The molecule has 0 aliphatic heterocycles. The molecule has 1 heterocycles. The normalized spacial score (nSPS) is 11.9. The summed E-state index contributed by atoms with van der Waals surface area (Å²) in [5.41, 5.74) is 3.72. The lowest BCUT2D eigenvalue weighted by molar-refractivity contribution is 0.784. The molecule has 0 aliphatic rings. The molecule has 5 nitrogen and oxygen atoms in total. The molecule has 0 bridgehead atoms. The van der Waals surface area contributed by atoms with E-state index in [2.05, 4.69) is 39.8 Å². The molecule has 0 radical (unpaired) electrons. The Balaban J connectivity index is 1.96. The van der Waals surface area contributed by atoms with E-state index < -0.39 is 0 Å². The number of benzene rings is 1. The van der Waals surface area contributed by atoms with Crippen LogP contribution >= 0.6 is 0 Å². The summed E-state index contributed by atoms with van der Waals surface area (Å²) in [6.45, 7) is 2.12. The van der Waals surface area contributed by atoms with E-state index in [9.17, 15) is 0 Å². The number of nitrogens with one attached hydrogen (secondary N) is 2. The SMILES string of the molecule is CC(Cc1ccccc1)Nc1ccnc(NN)n1. The number of rotatable bonds is 5. The number of hydrazine groups is 1. The van der Waals surface area contributed by atoms with Gasteiger partial charge < -0.3 is 5.32 Å².